The predicted octanol–water partition coefficient (Wildman–Crippen LogP) is 2.98. The fraction of sp³-hybridized carbons (Fsp3) is 0.600. The molecule has 0 spiro atoms. The highest BCUT2D eigenvalue weighted by molar-refractivity contribution is 7.99. The van der Waals surface area contributed by atoms with Gasteiger partial charge in [0.1, 0.15) is 0 Å². The van der Waals surface area contributed by atoms with Gasteiger partial charge in [0.25, 0.3) is 0 Å². The molecule has 1 aromatic rings. The molecule has 1 rings (SSSR count). The second-order valence-electron chi connectivity index (χ2n) is 2.81. The molecular weight excluding hydrogens is 198 g/mol. The largest absolute Gasteiger partial charge is 0.312 e. The summed E-state index contributed by atoms with van der Waals surface area (Å²) in [6.45, 7) is 4.39. The lowest BCUT2D eigenvalue weighted by molar-refractivity contribution is 0.685. The highest BCUT2D eigenvalue weighted by Gasteiger charge is 1.92. The molecule has 13 heavy (non-hydrogen) atoms. The maximum atomic E-state index is 3.44. The van der Waals surface area contributed by atoms with Gasteiger partial charge in [-0.05, 0) is 35.9 Å². The topological polar surface area (TPSA) is 12.0 Å². The lowest BCUT2D eigenvalue weighted by atomic mass is 10.4. The zero-order valence-corrected chi connectivity index (χ0v) is 9.72. The van der Waals surface area contributed by atoms with Gasteiger partial charge in [0.2, 0.25) is 0 Å². The van der Waals surface area contributed by atoms with Crippen LogP contribution in [-0.4, -0.2) is 18.1 Å². The van der Waals surface area contributed by atoms with E-state index in [0.29, 0.717) is 0 Å². The highest BCUT2D eigenvalue weighted by Crippen LogP contribution is 2.07. The van der Waals surface area contributed by atoms with Gasteiger partial charge in [0, 0.05) is 11.4 Å². The fourth-order valence-corrected chi connectivity index (χ4v) is 2.38. The summed E-state index contributed by atoms with van der Waals surface area (Å²) >= 11 is 3.84. The number of rotatable bonds is 7. The molecule has 0 aromatic carbocycles. The summed E-state index contributed by atoms with van der Waals surface area (Å²) in [5.41, 5.74) is 0. The van der Waals surface area contributed by atoms with Gasteiger partial charge in [0.05, 0.1) is 0 Å². The Hall–Kier alpha value is 0.01000. The smallest absolute Gasteiger partial charge is 0.0299 e. The first-order valence-electron chi connectivity index (χ1n) is 4.74. The summed E-state index contributed by atoms with van der Waals surface area (Å²) in [5, 5.41) is 5.57. The molecule has 0 amide bonds. The van der Waals surface area contributed by atoms with Crippen molar-refractivity contribution in [1.82, 2.24) is 5.32 Å². The third kappa shape index (κ3) is 5.34. The quantitative estimate of drug-likeness (QED) is 0.702. The van der Waals surface area contributed by atoms with E-state index in [1.165, 1.54) is 22.8 Å². The molecule has 3 heteroatoms. The number of thiophene rings is 1. The summed E-state index contributed by atoms with van der Waals surface area (Å²) < 4.78 is 0. The molecule has 1 heterocycles. The Kier molecular flexibility index (Phi) is 6.33. The first-order chi connectivity index (χ1) is 6.43. The molecule has 1 nitrogen and oxygen atoms in total. The molecule has 0 aliphatic carbocycles. The van der Waals surface area contributed by atoms with Crippen LogP contribution in [0.2, 0.25) is 0 Å². The molecule has 0 radical (unpaired) electrons. The zero-order chi connectivity index (χ0) is 9.36. The molecule has 1 N–H and O–H groups in total. The van der Waals surface area contributed by atoms with Gasteiger partial charge in [-0.2, -0.15) is 11.8 Å². The van der Waals surface area contributed by atoms with Crippen LogP contribution in [-0.2, 0) is 6.54 Å². The second-order valence-corrected chi connectivity index (χ2v) is 5.23. The van der Waals surface area contributed by atoms with Crippen molar-refractivity contribution >= 4 is 23.1 Å². The summed E-state index contributed by atoms with van der Waals surface area (Å²) in [6, 6.07) is 4.28. The summed E-state index contributed by atoms with van der Waals surface area (Å²) in [6.07, 6.45) is 1.28. The van der Waals surface area contributed by atoms with Crippen molar-refractivity contribution in [1.29, 1.82) is 0 Å². The third-order valence-corrected chi connectivity index (χ3v) is 3.59. The van der Waals surface area contributed by atoms with E-state index in [0.717, 1.165) is 13.1 Å². The van der Waals surface area contributed by atoms with E-state index in [1.54, 1.807) is 0 Å². The van der Waals surface area contributed by atoms with E-state index in [-0.39, 0.29) is 0 Å². The van der Waals surface area contributed by atoms with Crippen LogP contribution in [0.4, 0.5) is 0 Å². The van der Waals surface area contributed by atoms with Crippen LogP contribution in [0.25, 0.3) is 0 Å². The van der Waals surface area contributed by atoms with Crippen molar-refractivity contribution in [3.8, 4) is 0 Å². The molecular formula is C10H17NS2. The van der Waals surface area contributed by atoms with Crippen LogP contribution in [0, 0.1) is 0 Å². The summed E-state index contributed by atoms with van der Waals surface area (Å²) in [4.78, 5) is 1.43. The molecule has 0 unspecified atom stereocenters. The van der Waals surface area contributed by atoms with Crippen molar-refractivity contribution in [2.75, 3.05) is 18.1 Å². The van der Waals surface area contributed by atoms with Crippen molar-refractivity contribution in [3.63, 3.8) is 0 Å². The van der Waals surface area contributed by atoms with Crippen LogP contribution in [0.15, 0.2) is 17.5 Å². The normalized spacial score (nSPS) is 10.5. The average Bonchev–Trinajstić information content (AvgIpc) is 2.63. The van der Waals surface area contributed by atoms with Gasteiger partial charge in [-0.25, -0.2) is 0 Å². The number of hydrogen-bond acceptors (Lipinski definition) is 3. The first kappa shape index (κ1) is 11.1. The Morgan fingerprint density at radius 1 is 1.54 bits per heavy atom. The fourth-order valence-electron chi connectivity index (χ4n) is 1.07. The van der Waals surface area contributed by atoms with E-state index >= 15 is 0 Å². The Morgan fingerprint density at radius 3 is 3.15 bits per heavy atom. The standard InChI is InChI=1S/C10H17NS2/c1-2-12-7-4-6-11-9-10-5-3-8-13-10/h3,5,8,11H,2,4,6-7,9H2,1H3. The minimum absolute atomic E-state index is 1.04. The van der Waals surface area contributed by atoms with Crippen molar-refractivity contribution in [2.24, 2.45) is 0 Å². The molecule has 1 aromatic heterocycles. The Bertz CT molecular complexity index is 197. The Labute approximate surface area is 88.9 Å². The van der Waals surface area contributed by atoms with Gasteiger partial charge < -0.3 is 5.32 Å². The van der Waals surface area contributed by atoms with Gasteiger partial charge in [0.15, 0.2) is 0 Å². The van der Waals surface area contributed by atoms with Crippen LogP contribution >= 0.6 is 23.1 Å². The van der Waals surface area contributed by atoms with Gasteiger partial charge in [-0.3, -0.25) is 0 Å². The number of hydrogen-bond donors (Lipinski definition) is 1. The molecule has 0 saturated heterocycles. The third-order valence-electron chi connectivity index (χ3n) is 1.73. The molecule has 0 atom stereocenters. The highest BCUT2D eigenvalue weighted by atomic mass is 32.2. The average molecular weight is 215 g/mol. The molecule has 0 fully saturated rings. The van der Waals surface area contributed by atoms with Gasteiger partial charge >= 0.3 is 0 Å². The molecule has 0 bridgehead atoms. The van der Waals surface area contributed by atoms with Crippen LogP contribution in [0.1, 0.15) is 18.2 Å². The minimum Gasteiger partial charge on any atom is -0.312 e. The Morgan fingerprint density at radius 2 is 2.46 bits per heavy atom. The number of nitrogens with one attached hydrogen (secondary N) is 1. The molecule has 0 aliphatic rings. The second kappa shape index (κ2) is 7.42. The predicted molar refractivity (Wildman–Crippen MR) is 63.6 cm³/mol. The van der Waals surface area contributed by atoms with Crippen LogP contribution in [0.5, 0.6) is 0 Å². The van der Waals surface area contributed by atoms with Crippen LogP contribution < -0.4 is 5.32 Å². The maximum Gasteiger partial charge on any atom is 0.0299 e. The summed E-state index contributed by atoms with van der Waals surface area (Å²) in [7, 11) is 0. The van der Waals surface area contributed by atoms with E-state index < -0.39 is 0 Å². The van der Waals surface area contributed by atoms with Crippen molar-refractivity contribution in [2.45, 2.75) is 19.9 Å². The van der Waals surface area contributed by atoms with E-state index in [2.05, 4.69) is 29.8 Å². The van der Waals surface area contributed by atoms with E-state index in [4.69, 9.17) is 0 Å². The summed E-state index contributed by atoms with van der Waals surface area (Å²) in [5.74, 6) is 2.53. The lowest BCUT2D eigenvalue weighted by Gasteiger charge is -2.01. The van der Waals surface area contributed by atoms with Crippen molar-refractivity contribution in [3.05, 3.63) is 22.4 Å². The zero-order valence-electron chi connectivity index (χ0n) is 8.08. The van der Waals surface area contributed by atoms with Crippen LogP contribution in [0.3, 0.4) is 0 Å². The minimum atomic E-state index is 1.04. The maximum absolute atomic E-state index is 3.44. The Balaban J connectivity index is 1.90. The van der Waals surface area contributed by atoms with Gasteiger partial charge in [-0.15, -0.1) is 11.3 Å². The molecule has 74 valence electrons. The lowest BCUT2D eigenvalue weighted by Crippen LogP contribution is -2.14. The SMILES string of the molecule is CCSCCCNCc1cccs1. The number of thioether (sulfide) groups is 1. The van der Waals surface area contributed by atoms with Gasteiger partial charge in [-0.1, -0.05) is 13.0 Å². The molecule has 0 saturated carbocycles. The first-order valence-corrected chi connectivity index (χ1v) is 6.77. The van der Waals surface area contributed by atoms with E-state index in [9.17, 15) is 0 Å². The monoisotopic (exact) mass is 215 g/mol. The van der Waals surface area contributed by atoms with Crippen molar-refractivity contribution < 1.29 is 0 Å². The molecule has 0 aliphatic heterocycles. The van der Waals surface area contributed by atoms with E-state index in [1.807, 2.05) is 23.1 Å².